The van der Waals surface area contributed by atoms with Gasteiger partial charge >= 0.3 is 0 Å². The maximum Gasteiger partial charge on any atom is 0.223 e. The lowest BCUT2D eigenvalue weighted by atomic mass is 9.47. The van der Waals surface area contributed by atoms with Crippen LogP contribution in [0, 0.1) is 40.4 Å². The van der Waals surface area contributed by atoms with Gasteiger partial charge in [0.15, 0.2) is 0 Å². The molecule has 0 spiro atoms. The van der Waals surface area contributed by atoms with E-state index in [0.29, 0.717) is 23.3 Å². The van der Waals surface area contributed by atoms with Crippen molar-refractivity contribution in [2.24, 2.45) is 46.2 Å². The van der Waals surface area contributed by atoms with Crippen molar-refractivity contribution in [2.75, 3.05) is 13.1 Å². The van der Waals surface area contributed by atoms with Crippen molar-refractivity contribution >= 4 is 5.91 Å². The topological polar surface area (TPSA) is 75.4 Å². The number of fused-ring (bicyclic) bond motifs is 5. The Morgan fingerprint density at radius 1 is 1.20 bits per heavy atom. The van der Waals surface area contributed by atoms with Gasteiger partial charge in [-0.2, -0.15) is 0 Å². The summed E-state index contributed by atoms with van der Waals surface area (Å²) in [6.07, 6.45) is 13.6. The number of aliphatic hydroxyl groups is 1. The van der Waals surface area contributed by atoms with Gasteiger partial charge < -0.3 is 16.2 Å². The van der Waals surface area contributed by atoms with Gasteiger partial charge in [0.05, 0.1) is 6.10 Å². The first kappa shape index (κ1) is 22.3. The summed E-state index contributed by atoms with van der Waals surface area (Å²) in [7, 11) is 0. The van der Waals surface area contributed by atoms with E-state index >= 15 is 0 Å². The largest absolute Gasteiger partial charge is 0.393 e. The van der Waals surface area contributed by atoms with Gasteiger partial charge in [-0.05, 0) is 105 Å². The molecule has 4 nitrogen and oxygen atoms in total. The Kier molecular flexibility index (Phi) is 6.38. The summed E-state index contributed by atoms with van der Waals surface area (Å²) in [6.45, 7) is 8.63. The first-order chi connectivity index (χ1) is 14.3. The second-order valence-corrected chi connectivity index (χ2v) is 11.5. The van der Waals surface area contributed by atoms with Crippen molar-refractivity contribution in [3.05, 3.63) is 11.6 Å². The van der Waals surface area contributed by atoms with Crippen LogP contribution in [0.15, 0.2) is 11.6 Å². The third-order valence-electron chi connectivity index (χ3n) is 10.1. The summed E-state index contributed by atoms with van der Waals surface area (Å²) in [5, 5.41) is 13.4. The number of carbonyl (C=O) groups excluding carboxylic acids is 1. The van der Waals surface area contributed by atoms with Gasteiger partial charge in [-0.1, -0.05) is 32.4 Å². The number of aliphatic hydroxyl groups excluding tert-OH is 1. The Morgan fingerprint density at radius 3 is 2.77 bits per heavy atom. The fourth-order valence-corrected chi connectivity index (χ4v) is 8.33. The quantitative estimate of drug-likeness (QED) is 0.443. The first-order valence-electron chi connectivity index (χ1n) is 12.7. The molecule has 4 aliphatic carbocycles. The van der Waals surface area contributed by atoms with Gasteiger partial charge in [0, 0.05) is 12.5 Å². The molecule has 30 heavy (non-hydrogen) atoms. The predicted octanol–water partition coefficient (Wildman–Crippen LogP) is 4.42. The van der Waals surface area contributed by atoms with Crippen molar-refractivity contribution in [3.63, 3.8) is 0 Å². The zero-order valence-electron chi connectivity index (χ0n) is 19.5. The van der Waals surface area contributed by atoms with Gasteiger partial charge in [-0.3, -0.25) is 4.79 Å². The molecule has 0 saturated heterocycles. The molecule has 0 heterocycles. The van der Waals surface area contributed by atoms with Crippen LogP contribution in [-0.4, -0.2) is 30.2 Å². The van der Waals surface area contributed by atoms with E-state index in [9.17, 15) is 9.90 Å². The molecule has 1 amide bonds. The average molecular weight is 417 g/mol. The van der Waals surface area contributed by atoms with Crippen molar-refractivity contribution in [1.29, 1.82) is 0 Å². The average Bonchev–Trinajstić information content (AvgIpc) is 3.08. The molecular weight excluding hydrogens is 372 g/mol. The minimum Gasteiger partial charge on any atom is -0.393 e. The molecule has 0 aromatic rings. The van der Waals surface area contributed by atoms with Gasteiger partial charge in [0.2, 0.25) is 5.91 Å². The molecule has 3 fully saturated rings. The van der Waals surface area contributed by atoms with Crippen molar-refractivity contribution in [3.8, 4) is 0 Å². The molecule has 4 aliphatic rings. The van der Waals surface area contributed by atoms with Crippen LogP contribution in [0.4, 0.5) is 0 Å². The molecule has 1 unspecified atom stereocenters. The second kappa shape index (κ2) is 8.58. The van der Waals surface area contributed by atoms with Crippen LogP contribution in [0.25, 0.3) is 0 Å². The van der Waals surface area contributed by atoms with E-state index in [2.05, 4.69) is 32.2 Å². The number of hydrogen-bond donors (Lipinski definition) is 3. The fourth-order valence-electron chi connectivity index (χ4n) is 8.33. The van der Waals surface area contributed by atoms with Crippen LogP contribution in [0.5, 0.6) is 0 Å². The number of unbranched alkanes of at least 4 members (excludes halogenated alkanes) is 1. The number of nitrogens with two attached hydrogens (primary N) is 1. The number of rotatable bonds is 6. The second-order valence-electron chi connectivity index (χ2n) is 11.5. The SMILES string of the molecule is CC(C(=O)NCCCCN)[C@H]1CC[C@H]2[C@@H]3CC=C4C[C@@H](O)CC[C@]4(C)[C@H]3CC[C@]12C. The molecule has 8 atom stereocenters. The van der Waals surface area contributed by atoms with Gasteiger partial charge in [-0.15, -0.1) is 0 Å². The maximum atomic E-state index is 12.9. The zero-order chi connectivity index (χ0) is 21.5. The summed E-state index contributed by atoms with van der Waals surface area (Å²) in [6, 6.07) is 0. The molecule has 3 saturated carbocycles. The Hall–Kier alpha value is -0.870. The molecule has 0 aromatic carbocycles. The molecule has 4 N–H and O–H groups in total. The highest BCUT2D eigenvalue weighted by molar-refractivity contribution is 5.78. The highest BCUT2D eigenvalue weighted by atomic mass is 16.3. The van der Waals surface area contributed by atoms with Crippen LogP contribution in [-0.2, 0) is 4.79 Å². The summed E-state index contributed by atoms with van der Waals surface area (Å²) >= 11 is 0. The third-order valence-corrected chi connectivity index (χ3v) is 10.1. The molecule has 0 aromatic heterocycles. The summed E-state index contributed by atoms with van der Waals surface area (Å²) in [5.74, 6) is 3.13. The van der Waals surface area contributed by atoms with E-state index in [0.717, 1.165) is 56.4 Å². The Labute approximate surface area is 183 Å². The lowest BCUT2D eigenvalue weighted by Crippen LogP contribution is -2.51. The fraction of sp³-hybridized carbons (Fsp3) is 0.885. The van der Waals surface area contributed by atoms with Crippen LogP contribution in [0.2, 0.25) is 0 Å². The van der Waals surface area contributed by atoms with Gasteiger partial charge in [0.1, 0.15) is 0 Å². The number of nitrogens with one attached hydrogen (secondary N) is 1. The minimum absolute atomic E-state index is 0.101. The highest BCUT2D eigenvalue weighted by Crippen LogP contribution is 2.67. The molecule has 4 rings (SSSR count). The Morgan fingerprint density at radius 2 is 2.00 bits per heavy atom. The third kappa shape index (κ3) is 3.66. The predicted molar refractivity (Wildman–Crippen MR) is 122 cm³/mol. The lowest BCUT2D eigenvalue weighted by Gasteiger charge is -2.58. The molecule has 0 aliphatic heterocycles. The summed E-state index contributed by atoms with van der Waals surface area (Å²) in [5.41, 5.74) is 7.72. The number of allylic oxidation sites excluding steroid dienone is 1. The molecule has 4 heteroatoms. The maximum absolute atomic E-state index is 12.9. The molecule has 0 bridgehead atoms. The molecule has 170 valence electrons. The van der Waals surface area contributed by atoms with Crippen molar-refractivity contribution < 1.29 is 9.90 Å². The highest BCUT2D eigenvalue weighted by Gasteiger charge is 2.59. The molecule has 0 radical (unpaired) electrons. The van der Waals surface area contributed by atoms with E-state index in [-0.39, 0.29) is 17.9 Å². The smallest absolute Gasteiger partial charge is 0.223 e. The van der Waals surface area contributed by atoms with Crippen molar-refractivity contribution in [2.45, 2.75) is 91.1 Å². The van der Waals surface area contributed by atoms with E-state index in [1.54, 1.807) is 5.57 Å². The van der Waals surface area contributed by atoms with Crippen molar-refractivity contribution in [1.82, 2.24) is 5.32 Å². The summed E-state index contributed by atoms with van der Waals surface area (Å²) < 4.78 is 0. The first-order valence-corrected chi connectivity index (χ1v) is 12.7. The van der Waals surface area contributed by atoms with E-state index in [1.165, 1.54) is 32.1 Å². The lowest BCUT2D eigenvalue weighted by molar-refractivity contribution is -0.129. The van der Waals surface area contributed by atoms with Crippen LogP contribution >= 0.6 is 0 Å². The molecular formula is C26H44N2O2. The Balaban J connectivity index is 1.47. The number of amides is 1. The monoisotopic (exact) mass is 416 g/mol. The Bertz CT molecular complexity index is 676. The van der Waals surface area contributed by atoms with E-state index in [1.807, 2.05) is 0 Å². The van der Waals surface area contributed by atoms with Crippen LogP contribution in [0.1, 0.15) is 85.0 Å². The standard InChI is InChI=1S/C26H44N2O2/c1-17(24(30)28-15-5-4-14-27)21-8-9-22-20-7-6-18-16-19(29)10-12-25(18,2)23(20)11-13-26(21,22)3/h6,17,19-23,29H,4-5,7-16,27H2,1-3H3,(H,28,30)/t17?,19-,20-,21+,22-,23-,25-,26+/m0/s1. The summed E-state index contributed by atoms with van der Waals surface area (Å²) in [4.78, 5) is 12.9. The number of hydrogen-bond acceptors (Lipinski definition) is 3. The minimum atomic E-state index is -0.130. The van der Waals surface area contributed by atoms with E-state index < -0.39 is 0 Å². The number of carbonyl (C=O) groups is 1. The normalized spacial score (nSPS) is 43.8. The van der Waals surface area contributed by atoms with E-state index in [4.69, 9.17) is 5.73 Å². The van der Waals surface area contributed by atoms with Gasteiger partial charge in [0.25, 0.3) is 0 Å². The van der Waals surface area contributed by atoms with Crippen LogP contribution < -0.4 is 11.1 Å². The zero-order valence-corrected chi connectivity index (χ0v) is 19.5. The van der Waals surface area contributed by atoms with Gasteiger partial charge in [-0.25, -0.2) is 0 Å². The van der Waals surface area contributed by atoms with Crippen LogP contribution in [0.3, 0.4) is 0 Å².